The molecule has 0 aliphatic carbocycles. The Labute approximate surface area is 132 Å². The van der Waals surface area contributed by atoms with Gasteiger partial charge in [-0.1, -0.05) is 12.1 Å². The number of hydrogen-bond donors (Lipinski definition) is 1. The minimum Gasteiger partial charge on any atom is -0.444 e. The van der Waals surface area contributed by atoms with Crippen molar-refractivity contribution in [3.8, 4) is 0 Å². The summed E-state index contributed by atoms with van der Waals surface area (Å²) < 4.78 is 18.4. The molecule has 1 aromatic carbocycles. The lowest BCUT2D eigenvalue weighted by Crippen LogP contribution is -2.40. The topological polar surface area (TPSA) is 41.6 Å². The number of likely N-dealkylation sites (N-methyl/N-ethyl adjacent to an activating group) is 1. The zero-order valence-electron chi connectivity index (χ0n) is 14.1. The van der Waals surface area contributed by atoms with Gasteiger partial charge in [-0.05, 0) is 51.8 Å². The molecule has 0 aliphatic rings. The average Bonchev–Trinajstić information content (AvgIpc) is 2.36. The molecule has 0 spiro atoms. The van der Waals surface area contributed by atoms with E-state index >= 15 is 0 Å². The van der Waals surface area contributed by atoms with Gasteiger partial charge in [-0.3, -0.25) is 0 Å². The van der Waals surface area contributed by atoms with Gasteiger partial charge in [0.15, 0.2) is 0 Å². The third-order valence-corrected chi connectivity index (χ3v) is 3.08. The van der Waals surface area contributed by atoms with E-state index in [0.29, 0.717) is 13.1 Å². The summed E-state index contributed by atoms with van der Waals surface area (Å²) in [6.45, 7) is 8.79. The fraction of sp³-hybridized carbons (Fsp3) is 0.588. The van der Waals surface area contributed by atoms with Gasteiger partial charge in [0, 0.05) is 26.2 Å². The monoisotopic (exact) mass is 310 g/mol. The maximum atomic E-state index is 13.1. The molecule has 1 rings (SSSR count). The van der Waals surface area contributed by atoms with Crippen LogP contribution in [-0.2, 0) is 11.2 Å². The van der Waals surface area contributed by atoms with Crippen LogP contribution in [0.4, 0.5) is 9.18 Å². The van der Waals surface area contributed by atoms with E-state index < -0.39 is 5.60 Å². The molecule has 1 atom stereocenters. The van der Waals surface area contributed by atoms with Gasteiger partial charge >= 0.3 is 6.09 Å². The molecule has 0 radical (unpaired) electrons. The summed E-state index contributed by atoms with van der Waals surface area (Å²) in [5.41, 5.74) is 0.476. The second-order valence-electron chi connectivity index (χ2n) is 6.59. The molecule has 1 amide bonds. The number of amides is 1. The van der Waals surface area contributed by atoms with Crippen molar-refractivity contribution < 1.29 is 13.9 Å². The summed E-state index contributed by atoms with van der Waals surface area (Å²) in [7, 11) is 1.72. The number of rotatable bonds is 6. The zero-order chi connectivity index (χ0) is 16.8. The Bertz CT molecular complexity index is 486. The van der Waals surface area contributed by atoms with Crippen LogP contribution in [0, 0.1) is 5.82 Å². The van der Waals surface area contributed by atoms with Crippen molar-refractivity contribution in [1.82, 2.24) is 10.2 Å². The Morgan fingerprint density at radius 1 is 1.41 bits per heavy atom. The average molecular weight is 310 g/mol. The van der Waals surface area contributed by atoms with Gasteiger partial charge in [-0.2, -0.15) is 0 Å². The highest BCUT2D eigenvalue weighted by Gasteiger charge is 2.19. The van der Waals surface area contributed by atoms with Crippen LogP contribution < -0.4 is 5.32 Å². The summed E-state index contributed by atoms with van der Waals surface area (Å²) in [6, 6.07) is 6.82. The Balaban J connectivity index is 2.30. The van der Waals surface area contributed by atoms with Gasteiger partial charge in [-0.25, -0.2) is 9.18 Å². The van der Waals surface area contributed by atoms with Crippen LogP contribution in [-0.4, -0.2) is 42.8 Å². The van der Waals surface area contributed by atoms with Gasteiger partial charge in [0.05, 0.1) is 0 Å². The second-order valence-corrected chi connectivity index (χ2v) is 6.59. The third-order valence-electron chi connectivity index (χ3n) is 3.08. The third kappa shape index (κ3) is 7.41. The maximum Gasteiger partial charge on any atom is 0.410 e. The second kappa shape index (κ2) is 8.13. The summed E-state index contributed by atoms with van der Waals surface area (Å²) in [5.74, 6) is -0.214. The molecule has 22 heavy (non-hydrogen) atoms. The number of carbonyl (C=O) groups is 1. The molecular formula is C17H27FN2O2. The molecule has 0 bridgehead atoms. The van der Waals surface area contributed by atoms with Gasteiger partial charge in [-0.15, -0.1) is 0 Å². The van der Waals surface area contributed by atoms with Crippen LogP contribution in [0.5, 0.6) is 0 Å². The van der Waals surface area contributed by atoms with E-state index in [1.807, 2.05) is 33.8 Å². The molecule has 0 heterocycles. The lowest BCUT2D eigenvalue weighted by molar-refractivity contribution is 0.0299. The van der Waals surface area contributed by atoms with E-state index in [9.17, 15) is 9.18 Å². The first-order valence-electron chi connectivity index (χ1n) is 7.59. The first-order valence-corrected chi connectivity index (χ1v) is 7.59. The molecule has 1 unspecified atom stereocenters. The minimum absolute atomic E-state index is 0.203. The van der Waals surface area contributed by atoms with Crippen LogP contribution in [0.2, 0.25) is 0 Å². The van der Waals surface area contributed by atoms with Gasteiger partial charge in [0.25, 0.3) is 0 Å². The molecule has 5 heteroatoms. The number of ether oxygens (including phenoxy) is 1. The van der Waals surface area contributed by atoms with Crippen LogP contribution >= 0.6 is 0 Å². The smallest absolute Gasteiger partial charge is 0.410 e. The van der Waals surface area contributed by atoms with Crippen LogP contribution in [0.25, 0.3) is 0 Å². The highest BCUT2D eigenvalue weighted by molar-refractivity contribution is 5.67. The number of hydrogen-bond acceptors (Lipinski definition) is 3. The minimum atomic E-state index is -0.483. The molecule has 0 aromatic heterocycles. The lowest BCUT2D eigenvalue weighted by atomic mass is 10.1. The van der Waals surface area contributed by atoms with E-state index in [4.69, 9.17) is 4.74 Å². The number of nitrogens with one attached hydrogen (secondary N) is 1. The molecule has 4 nitrogen and oxygen atoms in total. The molecule has 124 valence electrons. The van der Waals surface area contributed by atoms with Gasteiger partial charge < -0.3 is 15.0 Å². The molecule has 1 aromatic rings. The first kappa shape index (κ1) is 18.4. The normalized spacial score (nSPS) is 12.8. The standard InChI is InChI=1S/C17H27FN2O2/c1-13(11-14-7-6-8-15(18)12-14)19-9-10-20(5)16(21)22-17(2,3)4/h6-8,12-13,19H,9-11H2,1-5H3. The molecule has 0 saturated carbocycles. The van der Waals surface area contributed by atoms with Crippen molar-refractivity contribution in [2.24, 2.45) is 0 Å². The molecule has 1 N–H and O–H groups in total. The van der Waals surface area contributed by atoms with E-state index in [1.54, 1.807) is 24.1 Å². The Morgan fingerprint density at radius 2 is 2.09 bits per heavy atom. The predicted molar refractivity (Wildman–Crippen MR) is 86.4 cm³/mol. The van der Waals surface area contributed by atoms with Crippen molar-refractivity contribution in [1.29, 1.82) is 0 Å². The SMILES string of the molecule is CC(Cc1cccc(F)c1)NCCN(C)C(=O)OC(C)(C)C. The van der Waals surface area contributed by atoms with E-state index in [1.165, 1.54) is 6.07 Å². The zero-order valence-corrected chi connectivity index (χ0v) is 14.1. The summed E-state index contributed by atoms with van der Waals surface area (Å²) in [6.07, 6.45) is 0.417. The number of carbonyl (C=O) groups excluding carboxylic acids is 1. The first-order chi connectivity index (χ1) is 10.2. The van der Waals surface area contributed by atoms with Crippen LogP contribution in [0.15, 0.2) is 24.3 Å². The van der Waals surface area contributed by atoms with E-state index in [0.717, 1.165) is 12.0 Å². The summed E-state index contributed by atoms with van der Waals surface area (Å²) >= 11 is 0. The predicted octanol–water partition coefficient (Wildman–Crippen LogP) is 3.21. The van der Waals surface area contributed by atoms with E-state index in [2.05, 4.69) is 5.32 Å². The largest absolute Gasteiger partial charge is 0.444 e. The molecule has 0 fully saturated rings. The highest BCUT2D eigenvalue weighted by Crippen LogP contribution is 2.09. The number of nitrogens with zero attached hydrogens (tertiary/aromatic N) is 1. The van der Waals surface area contributed by atoms with Crippen molar-refractivity contribution in [2.45, 2.75) is 45.8 Å². The van der Waals surface area contributed by atoms with E-state index in [-0.39, 0.29) is 18.0 Å². The summed E-state index contributed by atoms with van der Waals surface area (Å²) in [4.78, 5) is 13.3. The van der Waals surface area contributed by atoms with Gasteiger partial charge in [0.1, 0.15) is 11.4 Å². The number of halogens is 1. The molecule has 0 aliphatic heterocycles. The highest BCUT2D eigenvalue weighted by atomic mass is 19.1. The molecular weight excluding hydrogens is 283 g/mol. The van der Waals surface area contributed by atoms with Crippen molar-refractivity contribution in [3.63, 3.8) is 0 Å². The van der Waals surface area contributed by atoms with Crippen molar-refractivity contribution in [2.75, 3.05) is 20.1 Å². The van der Waals surface area contributed by atoms with Crippen molar-refractivity contribution >= 4 is 6.09 Å². The van der Waals surface area contributed by atoms with Gasteiger partial charge in [0.2, 0.25) is 0 Å². The number of benzene rings is 1. The quantitative estimate of drug-likeness (QED) is 0.877. The fourth-order valence-corrected chi connectivity index (χ4v) is 2.00. The fourth-order valence-electron chi connectivity index (χ4n) is 2.00. The Morgan fingerprint density at radius 3 is 2.68 bits per heavy atom. The Hall–Kier alpha value is -1.62. The van der Waals surface area contributed by atoms with Crippen LogP contribution in [0.1, 0.15) is 33.3 Å². The summed E-state index contributed by atoms with van der Waals surface area (Å²) in [5, 5.41) is 3.33. The maximum absolute atomic E-state index is 13.1. The van der Waals surface area contributed by atoms with Crippen molar-refractivity contribution in [3.05, 3.63) is 35.6 Å². The lowest BCUT2D eigenvalue weighted by Gasteiger charge is -2.25. The Kier molecular flexibility index (Phi) is 6.81. The van der Waals surface area contributed by atoms with Crippen LogP contribution in [0.3, 0.4) is 0 Å². The molecule has 0 saturated heterocycles.